The first kappa shape index (κ1) is 38.8. The van der Waals surface area contributed by atoms with Gasteiger partial charge in [0.25, 0.3) is 0 Å². The van der Waals surface area contributed by atoms with E-state index in [9.17, 15) is 0 Å². The molecule has 1 fully saturated rings. The third-order valence-electron chi connectivity index (χ3n) is 17.1. The van der Waals surface area contributed by atoms with Crippen molar-refractivity contribution in [3.05, 3.63) is 176 Å². The van der Waals surface area contributed by atoms with E-state index in [4.69, 9.17) is 4.43 Å². The van der Waals surface area contributed by atoms with Crippen LogP contribution in [0.2, 0.25) is 18.1 Å². The van der Waals surface area contributed by atoms with E-state index in [-0.39, 0.29) is 10.5 Å². The lowest BCUT2D eigenvalue weighted by Gasteiger charge is -2.59. The van der Waals surface area contributed by atoms with Crippen LogP contribution in [0.3, 0.4) is 0 Å². The van der Waals surface area contributed by atoms with Crippen molar-refractivity contribution in [2.45, 2.75) is 129 Å². The van der Waals surface area contributed by atoms with E-state index in [0.717, 1.165) is 12.2 Å². The second-order valence-electron chi connectivity index (χ2n) is 21.9. The molecule has 0 amide bonds. The third kappa shape index (κ3) is 5.89. The van der Waals surface area contributed by atoms with Gasteiger partial charge in [-0.3, -0.25) is 0 Å². The fraction of sp³-hybridized carbons (Fsp3) is 0.404. The van der Waals surface area contributed by atoms with Gasteiger partial charge in [-0.2, -0.15) is 0 Å². The molecule has 5 aliphatic carbocycles. The lowest BCUT2D eigenvalue weighted by atomic mass is 9.45. The van der Waals surface area contributed by atoms with Gasteiger partial charge in [0.05, 0.1) is 5.41 Å². The number of benzene rings is 5. The monoisotopic (exact) mass is 792 g/mol. The van der Waals surface area contributed by atoms with Crippen LogP contribution in [0, 0.1) is 16.7 Å². The Bertz CT molecular complexity index is 2550. The summed E-state index contributed by atoms with van der Waals surface area (Å²) in [6, 6.07) is 41.3. The van der Waals surface area contributed by atoms with Crippen molar-refractivity contribution in [3.63, 3.8) is 0 Å². The first-order valence-corrected chi connectivity index (χ1v) is 25.6. The fourth-order valence-corrected chi connectivity index (χ4v) is 12.4. The molecule has 0 saturated heterocycles. The maximum absolute atomic E-state index is 6.93. The molecule has 3 unspecified atom stereocenters. The smallest absolute Gasteiger partial charge is 0.250 e. The molecule has 1 saturated carbocycles. The van der Waals surface area contributed by atoms with Crippen LogP contribution in [-0.4, -0.2) is 8.32 Å². The predicted octanol–water partition coefficient (Wildman–Crippen LogP) is 15.0. The molecule has 5 aliphatic rings. The number of rotatable bonds is 7. The van der Waals surface area contributed by atoms with Crippen LogP contribution in [0.15, 0.2) is 121 Å². The average Bonchev–Trinajstić information content (AvgIpc) is 3.46. The maximum atomic E-state index is 6.93. The van der Waals surface area contributed by atoms with E-state index in [2.05, 4.69) is 184 Å². The molecule has 59 heavy (non-hydrogen) atoms. The quantitative estimate of drug-likeness (QED) is 0.149. The molecule has 0 bridgehead atoms. The maximum Gasteiger partial charge on any atom is 0.250 e. The lowest BCUT2D eigenvalue weighted by molar-refractivity contribution is -0.0681. The second-order valence-corrected chi connectivity index (χ2v) is 26.6. The molecule has 0 aromatic heterocycles. The van der Waals surface area contributed by atoms with Crippen molar-refractivity contribution >= 4 is 13.9 Å². The van der Waals surface area contributed by atoms with Gasteiger partial charge in [-0.1, -0.05) is 152 Å². The van der Waals surface area contributed by atoms with Gasteiger partial charge in [0.2, 0.25) is 8.32 Å². The normalized spacial score (nSPS) is 25.6. The number of hydrogen-bond acceptors (Lipinski definition) is 1. The van der Waals surface area contributed by atoms with E-state index in [1.807, 2.05) is 0 Å². The fourth-order valence-electron chi connectivity index (χ4n) is 11.3. The molecule has 0 aliphatic heterocycles. The van der Waals surface area contributed by atoms with Crippen LogP contribution in [0.25, 0.3) is 16.7 Å². The summed E-state index contributed by atoms with van der Waals surface area (Å²) in [6.07, 6.45) is 12.0. The zero-order chi connectivity index (χ0) is 41.3. The van der Waals surface area contributed by atoms with Crippen LogP contribution >= 0.6 is 0 Å². The van der Waals surface area contributed by atoms with Gasteiger partial charge in [-0.05, 0) is 175 Å². The molecule has 10 rings (SSSR count). The topological polar surface area (TPSA) is 9.23 Å². The lowest BCUT2D eigenvalue weighted by Crippen LogP contribution is -2.50. The number of allylic oxidation sites excluding steroid dienone is 4. The molecule has 5 atom stereocenters. The summed E-state index contributed by atoms with van der Waals surface area (Å²) in [5.41, 5.74) is 20.3. The van der Waals surface area contributed by atoms with Crippen LogP contribution in [0.4, 0.5) is 0 Å². The number of hydrogen-bond donors (Lipinski definition) is 0. The Labute approximate surface area is 356 Å². The zero-order valence-electron chi connectivity index (χ0n) is 37.4. The molecular formula is C57H64OSi. The van der Waals surface area contributed by atoms with Gasteiger partial charge < -0.3 is 4.43 Å². The first-order chi connectivity index (χ1) is 28.0. The molecule has 2 heteroatoms. The van der Waals surface area contributed by atoms with Crippen molar-refractivity contribution in [3.8, 4) is 16.9 Å². The minimum absolute atomic E-state index is 0.123. The van der Waals surface area contributed by atoms with Gasteiger partial charge in [0, 0.05) is 5.92 Å². The summed E-state index contributed by atoms with van der Waals surface area (Å²) < 4.78 is 6.93. The highest BCUT2D eigenvalue weighted by Gasteiger charge is 2.55. The van der Waals surface area contributed by atoms with E-state index < -0.39 is 13.7 Å². The highest BCUT2D eigenvalue weighted by molar-refractivity contribution is 6.74. The summed E-state index contributed by atoms with van der Waals surface area (Å²) in [6.45, 7) is 24.0. The molecular weight excluding hydrogens is 729 g/mol. The van der Waals surface area contributed by atoms with Crippen molar-refractivity contribution in [1.82, 2.24) is 0 Å². The second kappa shape index (κ2) is 13.3. The Kier molecular flexibility index (Phi) is 8.74. The van der Waals surface area contributed by atoms with Crippen molar-refractivity contribution in [1.29, 1.82) is 0 Å². The SMILES string of the molecule is CC1C(c2ccc([C@@]3(c4ccc(O[Si](C)(C)C(C)(C)C)cc4)C4=C(C=CC(c5ccc6c(c5)CC6)C4)c4ccc(-c5ccc6c(c5)CC6)cc43)cc2)C[C@]1(C)C(C)(C)C. The Balaban J connectivity index is 1.15. The molecule has 1 nitrogen and oxygen atoms in total. The van der Waals surface area contributed by atoms with Crippen LogP contribution < -0.4 is 4.43 Å². The standard InChI is InChI=1S/C57H64OSi/c1-36-51(35-56(36,8)54(2,3)4)39-19-23-46(24-20-39)57(47-25-27-48(28-26-47)58-59(9,10)55(5,6)7)52-33-44(42-17-13-37-11-15-40(37)31-42)21-29-49(52)50-30-22-45(34-53(50)57)43-18-14-38-12-16-41(38)32-43/h13-14,17-33,36,45,51H,11-12,15-16,34-35H2,1-10H3/t36?,45?,51?,56-,57-/m0/s1. The van der Waals surface area contributed by atoms with E-state index >= 15 is 0 Å². The van der Waals surface area contributed by atoms with Gasteiger partial charge >= 0.3 is 0 Å². The predicted molar refractivity (Wildman–Crippen MR) is 251 cm³/mol. The zero-order valence-corrected chi connectivity index (χ0v) is 38.4. The molecule has 0 radical (unpaired) electrons. The first-order valence-electron chi connectivity index (χ1n) is 22.7. The Hall–Kier alpha value is -4.40. The van der Waals surface area contributed by atoms with Gasteiger partial charge in [-0.25, -0.2) is 0 Å². The Morgan fingerprint density at radius 1 is 0.644 bits per heavy atom. The third-order valence-corrected chi connectivity index (χ3v) is 21.5. The van der Waals surface area contributed by atoms with Gasteiger partial charge in [-0.15, -0.1) is 0 Å². The molecule has 0 N–H and O–H groups in total. The van der Waals surface area contributed by atoms with Crippen molar-refractivity contribution in [2.24, 2.45) is 16.7 Å². The molecule has 302 valence electrons. The molecule has 0 heterocycles. The summed E-state index contributed by atoms with van der Waals surface area (Å²) in [7, 11) is -2.02. The summed E-state index contributed by atoms with van der Waals surface area (Å²) in [4.78, 5) is 0. The minimum atomic E-state index is -2.02. The molecule has 5 aromatic carbocycles. The van der Waals surface area contributed by atoms with Gasteiger partial charge in [0.15, 0.2) is 0 Å². The largest absolute Gasteiger partial charge is 0.544 e. The molecule has 0 spiro atoms. The van der Waals surface area contributed by atoms with Crippen LogP contribution in [-0.2, 0) is 31.1 Å². The Morgan fingerprint density at radius 3 is 1.80 bits per heavy atom. The van der Waals surface area contributed by atoms with Gasteiger partial charge in [0.1, 0.15) is 5.75 Å². The highest BCUT2D eigenvalue weighted by atomic mass is 28.4. The number of aryl methyl sites for hydroxylation is 4. The molecule has 5 aromatic rings. The summed E-state index contributed by atoms with van der Waals surface area (Å²) in [5, 5.41) is 0.123. The van der Waals surface area contributed by atoms with E-state index in [0.29, 0.717) is 23.2 Å². The highest BCUT2D eigenvalue weighted by Crippen LogP contribution is 2.64. The summed E-state index contributed by atoms with van der Waals surface area (Å²) >= 11 is 0. The minimum Gasteiger partial charge on any atom is -0.544 e. The Morgan fingerprint density at radius 2 is 1.22 bits per heavy atom. The summed E-state index contributed by atoms with van der Waals surface area (Å²) in [5.74, 6) is 2.53. The van der Waals surface area contributed by atoms with E-state index in [1.165, 1.54) is 104 Å². The average molecular weight is 793 g/mol. The van der Waals surface area contributed by atoms with Crippen LogP contribution in [0.1, 0.15) is 136 Å². The van der Waals surface area contributed by atoms with E-state index in [1.54, 1.807) is 5.56 Å². The van der Waals surface area contributed by atoms with Crippen molar-refractivity contribution in [2.75, 3.05) is 0 Å². The van der Waals surface area contributed by atoms with Crippen LogP contribution in [0.5, 0.6) is 5.75 Å². The van der Waals surface area contributed by atoms with Crippen molar-refractivity contribution < 1.29 is 4.43 Å². The number of fused-ring (bicyclic) bond motifs is 4.